The third-order valence-electron chi connectivity index (χ3n) is 2.55. The largest absolute Gasteiger partial charge is 0.334 e. The van der Waals surface area contributed by atoms with Crippen LogP contribution in [0.3, 0.4) is 0 Å². The van der Waals surface area contributed by atoms with Crippen LogP contribution in [-0.2, 0) is 0 Å². The van der Waals surface area contributed by atoms with Crippen molar-refractivity contribution in [2.45, 2.75) is 33.2 Å². The molecule has 1 aromatic rings. The summed E-state index contributed by atoms with van der Waals surface area (Å²) >= 11 is 0. The van der Waals surface area contributed by atoms with Crippen molar-refractivity contribution in [3.63, 3.8) is 0 Å². The highest BCUT2D eigenvalue weighted by atomic mass is 19.1. The number of benzene rings is 1. The second-order valence-corrected chi connectivity index (χ2v) is 4.82. The maximum Gasteiger partial charge on any atom is 0.260 e. The van der Waals surface area contributed by atoms with E-state index < -0.39 is 28.6 Å². The Morgan fingerprint density at radius 3 is 2.06 bits per heavy atom. The average molecular weight is 241 g/mol. The maximum absolute atomic E-state index is 13.5. The minimum absolute atomic E-state index is 0.399. The normalized spacial score (nSPS) is 11.4. The van der Waals surface area contributed by atoms with Crippen molar-refractivity contribution in [3.05, 3.63) is 35.4 Å². The highest BCUT2D eigenvalue weighted by Crippen LogP contribution is 2.20. The van der Waals surface area contributed by atoms with E-state index in [1.165, 1.54) is 11.0 Å². The first-order valence-corrected chi connectivity index (χ1v) is 5.55. The van der Waals surface area contributed by atoms with Gasteiger partial charge in [0.15, 0.2) is 0 Å². The highest BCUT2D eigenvalue weighted by Gasteiger charge is 2.29. The first-order valence-electron chi connectivity index (χ1n) is 5.55. The topological polar surface area (TPSA) is 20.3 Å². The van der Waals surface area contributed by atoms with Crippen LogP contribution < -0.4 is 0 Å². The second-order valence-electron chi connectivity index (χ2n) is 4.82. The zero-order chi connectivity index (χ0) is 13.2. The van der Waals surface area contributed by atoms with Gasteiger partial charge in [-0.3, -0.25) is 4.79 Å². The minimum atomic E-state index is -0.822. The van der Waals surface area contributed by atoms with Crippen LogP contribution in [0.2, 0.25) is 0 Å². The lowest BCUT2D eigenvalue weighted by molar-refractivity contribution is 0.0589. The Morgan fingerprint density at radius 1 is 1.24 bits per heavy atom. The molecule has 0 saturated heterocycles. The van der Waals surface area contributed by atoms with E-state index in [-0.39, 0.29) is 0 Å². The molecular formula is C13H17F2NO. The zero-order valence-electron chi connectivity index (χ0n) is 10.6. The van der Waals surface area contributed by atoms with Crippen LogP contribution in [0.1, 0.15) is 38.1 Å². The van der Waals surface area contributed by atoms with Crippen molar-refractivity contribution in [1.82, 2.24) is 4.90 Å². The zero-order valence-corrected chi connectivity index (χ0v) is 10.6. The van der Waals surface area contributed by atoms with Gasteiger partial charge in [0.1, 0.15) is 17.2 Å². The van der Waals surface area contributed by atoms with E-state index in [2.05, 4.69) is 0 Å². The molecule has 1 rings (SSSR count). The fourth-order valence-electron chi connectivity index (χ4n) is 1.76. The van der Waals surface area contributed by atoms with Crippen LogP contribution >= 0.6 is 0 Å². The standard InChI is InChI=1S/C13H17F2NO/c1-5-16(13(2,3)4)12(17)11-9(14)7-6-8-10(11)15/h6-8H,5H2,1-4H3. The lowest BCUT2D eigenvalue weighted by Crippen LogP contribution is -2.46. The quantitative estimate of drug-likeness (QED) is 0.778. The lowest BCUT2D eigenvalue weighted by atomic mass is 10.0. The van der Waals surface area contributed by atoms with Gasteiger partial charge in [0.2, 0.25) is 0 Å². The molecule has 0 N–H and O–H groups in total. The van der Waals surface area contributed by atoms with Crippen molar-refractivity contribution >= 4 is 5.91 Å². The molecule has 0 spiro atoms. The van der Waals surface area contributed by atoms with Crippen LogP contribution in [0.15, 0.2) is 18.2 Å². The summed E-state index contributed by atoms with van der Waals surface area (Å²) < 4.78 is 27.0. The summed E-state index contributed by atoms with van der Waals surface area (Å²) in [7, 11) is 0. The SMILES string of the molecule is CCN(C(=O)c1c(F)cccc1F)C(C)(C)C. The average Bonchev–Trinajstić information content (AvgIpc) is 2.15. The van der Waals surface area contributed by atoms with E-state index in [9.17, 15) is 13.6 Å². The molecule has 0 fully saturated rings. The van der Waals surface area contributed by atoms with Crippen LogP contribution in [0.25, 0.3) is 0 Å². The number of halogens is 2. The lowest BCUT2D eigenvalue weighted by Gasteiger charge is -2.35. The monoisotopic (exact) mass is 241 g/mol. The highest BCUT2D eigenvalue weighted by molar-refractivity contribution is 5.95. The van der Waals surface area contributed by atoms with Gasteiger partial charge < -0.3 is 4.90 Å². The van der Waals surface area contributed by atoms with Gasteiger partial charge in [-0.1, -0.05) is 6.07 Å². The maximum atomic E-state index is 13.5. The molecule has 0 radical (unpaired) electrons. The summed E-state index contributed by atoms with van der Waals surface area (Å²) in [4.78, 5) is 13.5. The summed E-state index contributed by atoms with van der Waals surface area (Å²) in [6.07, 6.45) is 0. The van der Waals surface area contributed by atoms with Crippen molar-refractivity contribution < 1.29 is 13.6 Å². The van der Waals surface area contributed by atoms with Crippen LogP contribution in [0.4, 0.5) is 8.78 Å². The fraction of sp³-hybridized carbons (Fsp3) is 0.462. The Kier molecular flexibility index (Phi) is 3.86. The Bertz CT molecular complexity index is 404. The van der Waals surface area contributed by atoms with Crippen LogP contribution in [0.5, 0.6) is 0 Å². The van der Waals surface area contributed by atoms with Gasteiger partial charge in [-0.2, -0.15) is 0 Å². The van der Waals surface area contributed by atoms with Gasteiger partial charge in [0.25, 0.3) is 5.91 Å². The summed E-state index contributed by atoms with van der Waals surface area (Å²) in [6.45, 7) is 7.66. The molecule has 0 saturated carbocycles. The predicted molar refractivity (Wildman–Crippen MR) is 62.8 cm³/mol. The molecule has 2 nitrogen and oxygen atoms in total. The molecule has 0 unspecified atom stereocenters. The third-order valence-corrected chi connectivity index (χ3v) is 2.55. The van der Waals surface area contributed by atoms with Gasteiger partial charge in [-0.25, -0.2) is 8.78 Å². The van der Waals surface area contributed by atoms with E-state index in [0.717, 1.165) is 12.1 Å². The number of hydrogen-bond acceptors (Lipinski definition) is 1. The number of carbonyl (C=O) groups excluding carboxylic acids is 1. The number of rotatable bonds is 2. The van der Waals surface area contributed by atoms with Gasteiger partial charge in [0.05, 0.1) is 0 Å². The molecule has 0 bridgehead atoms. The Hall–Kier alpha value is -1.45. The Morgan fingerprint density at radius 2 is 1.71 bits per heavy atom. The number of nitrogens with zero attached hydrogens (tertiary/aromatic N) is 1. The van der Waals surface area contributed by atoms with Crippen molar-refractivity contribution in [2.24, 2.45) is 0 Å². The van der Waals surface area contributed by atoms with Gasteiger partial charge in [0, 0.05) is 12.1 Å². The van der Waals surface area contributed by atoms with E-state index in [1.807, 2.05) is 20.8 Å². The van der Waals surface area contributed by atoms with Crippen molar-refractivity contribution in [3.8, 4) is 0 Å². The van der Waals surface area contributed by atoms with Crippen LogP contribution in [-0.4, -0.2) is 22.9 Å². The first-order chi connectivity index (χ1) is 7.79. The molecular weight excluding hydrogens is 224 g/mol. The number of amides is 1. The molecule has 94 valence electrons. The molecule has 1 amide bonds. The molecule has 0 heterocycles. The minimum Gasteiger partial charge on any atom is -0.334 e. The molecule has 17 heavy (non-hydrogen) atoms. The van der Waals surface area contributed by atoms with Crippen molar-refractivity contribution in [1.29, 1.82) is 0 Å². The summed E-state index contributed by atoms with van der Waals surface area (Å²) in [6, 6.07) is 3.43. The van der Waals surface area contributed by atoms with E-state index >= 15 is 0 Å². The molecule has 4 heteroatoms. The Balaban J connectivity index is 3.20. The fourth-order valence-corrected chi connectivity index (χ4v) is 1.76. The summed E-state index contributed by atoms with van der Waals surface area (Å²) in [5, 5.41) is 0. The molecule has 0 aliphatic rings. The molecule has 0 aliphatic heterocycles. The predicted octanol–water partition coefficient (Wildman–Crippen LogP) is 3.23. The van der Waals surface area contributed by atoms with E-state index in [1.54, 1.807) is 6.92 Å². The number of hydrogen-bond donors (Lipinski definition) is 0. The van der Waals surface area contributed by atoms with E-state index in [0.29, 0.717) is 6.54 Å². The first kappa shape index (κ1) is 13.6. The van der Waals surface area contributed by atoms with Gasteiger partial charge in [-0.15, -0.1) is 0 Å². The van der Waals surface area contributed by atoms with Crippen LogP contribution in [0, 0.1) is 11.6 Å². The molecule has 0 aromatic heterocycles. The van der Waals surface area contributed by atoms with Crippen molar-refractivity contribution in [2.75, 3.05) is 6.54 Å². The summed E-state index contributed by atoms with van der Waals surface area (Å²) in [5.41, 5.74) is -0.954. The van der Waals surface area contributed by atoms with E-state index in [4.69, 9.17) is 0 Å². The van der Waals surface area contributed by atoms with Gasteiger partial charge in [-0.05, 0) is 39.8 Å². The van der Waals surface area contributed by atoms with Gasteiger partial charge >= 0.3 is 0 Å². The summed E-state index contributed by atoms with van der Waals surface area (Å²) in [5.74, 6) is -2.26. The Labute approximate surface area is 100 Å². The second kappa shape index (κ2) is 4.82. The molecule has 1 aromatic carbocycles. The molecule has 0 atom stereocenters. The third kappa shape index (κ3) is 2.81. The molecule has 0 aliphatic carbocycles. The smallest absolute Gasteiger partial charge is 0.260 e. The number of carbonyl (C=O) groups is 1.